The lowest BCUT2D eigenvalue weighted by Crippen LogP contribution is -2.35. The first-order valence-electron chi connectivity index (χ1n) is 9.49. The van der Waals surface area contributed by atoms with Gasteiger partial charge in [-0.05, 0) is 44.7 Å². The average molecular weight is 396 g/mol. The summed E-state index contributed by atoms with van der Waals surface area (Å²) in [7, 11) is 0. The highest BCUT2D eigenvalue weighted by Crippen LogP contribution is 2.32. The van der Waals surface area contributed by atoms with Crippen molar-refractivity contribution in [2.24, 2.45) is 0 Å². The summed E-state index contributed by atoms with van der Waals surface area (Å²) < 4.78 is 1.97. The molecule has 0 aliphatic carbocycles. The number of fused-ring (bicyclic) bond motifs is 1. The maximum atomic E-state index is 11.4. The third kappa shape index (κ3) is 3.46. The Bertz CT molecular complexity index is 1030. The van der Waals surface area contributed by atoms with Crippen LogP contribution in [-0.4, -0.2) is 45.9 Å². The van der Waals surface area contributed by atoms with Gasteiger partial charge < -0.3 is 10.2 Å². The molecule has 2 aromatic heterocycles. The highest BCUT2D eigenvalue weighted by Gasteiger charge is 2.26. The summed E-state index contributed by atoms with van der Waals surface area (Å²) in [5.74, 6) is 0.0236. The topological polar surface area (TPSA) is 62.5 Å². The lowest BCUT2D eigenvalue weighted by Gasteiger charge is -2.20. The van der Waals surface area contributed by atoms with Crippen LogP contribution in [0.1, 0.15) is 24.7 Å². The lowest BCUT2D eigenvalue weighted by atomic mass is 10.1. The van der Waals surface area contributed by atoms with E-state index in [2.05, 4.69) is 46.8 Å². The summed E-state index contributed by atoms with van der Waals surface area (Å²) in [6, 6.07) is 10.8. The molecular formula is C21H25N5OS. The van der Waals surface area contributed by atoms with Crippen LogP contribution < -0.4 is 10.2 Å². The Kier molecular flexibility index (Phi) is 5.02. The molecule has 28 heavy (non-hydrogen) atoms. The highest BCUT2D eigenvalue weighted by atomic mass is 32.2. The second kappa shape index (κ2) is 7.47. The van der Waals surface area contributed by atoms with E-state index < -0.39 is 0 Å². The van der Waals surface area contributed by atoms with Gasteiger partial charge in [-0.3, -0.25) is 4.79 Å². The van der Waals surface area contributed by atoms with Gasteiger partial charge in [0.25, 0.3) is 0 Å². The largest absolute Gasteiger partial charge is 0.366 e. The zero-order valence-corrected chi connectivity index (χ0v) is 17.5. The molecule has 1 aliphatic heterocycles. The number of hydrogen-bond donors (Lipinski definition) is 1. The summed E-state index contributed by atoms with van der Waals surface area (Å²) in [6.45, 7) is 7.32. The van der Waals surface area contributed by atoms with Gasteiger partial charge >= 0.3 is 0 Å². The van der Waals surface area contributed by atoms with Crippen LogP contribution in [0.15, 0.2) is 35.2 Å². The third-order valence-corrected chi connectivity index (χ3v) is 5.90. The summed E-state index contributed by atoms with van der Waals surface area (Å²) >= 11 is 1.73. The fourth-order valence-corrected chi connectivity index (χ4v) is 4.34. The van der Waals surface area contributed by atoms with Crippen molar-refractivity contribution in [3.63, 3.8) is 0 Å². The highest BCUT2D eigenvalue weighted by molar-refractivity contribution is 7.98. The van der Waals surface area contributed by atoms with E-state index in [4.69, 9.17) is 10.1 Å². The lowest BCUT2D eigenvalue weighted by molar-refractivity contribution is -0.119. The van der Waals surface area contributed by atoms with Crippen molar-refractivity contribution < 1.29 is 4.79 Å². The van der Waals surface area contributed by atoms with Crippen LogP contribution in [0, 0.1) is 13.8 Å². The molecule has 0 radical (unpaired) electrons. The van der Waals surface area contributed by atoms with Crippen LogP contribution in [0.4, 0.5) is 5.69 Å². The maximum absolute atomic E-state index is 11.4. The van der Waals surface area contributed by atoms with Crippen molar-refractivity contribution in [2.45, 2.75) is 38.1 Å². The van der Waals surface area contributed by atoms with E-state index >= 15 is 0 Å². The van der Waals surface area contributed by atoms with Crippen molar-refractivity contribution in [1.29, 1.82) is 0 Å². The molecule has 1 fully saturated rings. The Morgan fingerprint density at radius 2 is 2.00 bits per heavy atom. The molecule has 1 N–H and O–H groups in total. The first-order chi connectivity index (χ1) is 13.5. The number of aryl methyl sites for hydroxylation is 2. The molecule has 146 valence electrons. The number of aromatic nitrogens is 3. The Balaban J connectivity index is 1.77. The molecule has 1 aromatic carbocycles. The van der Waals surface area contributed by atoms with Gasteiger partial charge in [0, 0.05) is 36.5 Å². The molecule has 1 saturated heterocycles. The number of thioether (sulfide) groups is 1. The number of nitrogens with one attached hydrogen (secondary N) is 1. The van der Waals surface area contributed by atoms with E-state index in [1.54, 1.807) is 18.7 Å². The molecule has 1 atom stereocenters. The predicted octanol–water partition coefficient (Wildman–Crippen LogP) is 3.45. The van der Waals surface area contributed by atoms with Crippen molar-refractivity contribution >= 4 is 29.0 Å². The van der Waals surface area contributed by atoms with Gasteiger partial charge in [0.1, 0.15) is 0 Å². The van der Waals surface area contributed by atoms with Crippen molar-refractivity contribution in [2.75, 3.05) is 24.2 Å². The van der Waals surface area contributed by atoms with Crippen LogP contribution in [0.25, 0.3) is 16.9 Å². The number of nitrogens with zero attached hydrogens (tertiary/aromatic N) is 4. The van der Waals surface area contributed by atoms with E-state index in [0.717, 1.165) is 53.5 Å². The molecule has 1 aliphatic rings. The quantitative estimate of drug-likeness (QED) is 0.686. The summed E-state index contributed by atoms with van der Waals surface area (Å²) in [6.07, 6.45) is 3.02. The molecule has 3 aromatic rings. The molecule has 0 bridgehead atoms. The number of benzene rings is 1. The van der Waals surface area contributed by atoms with Crippen LogP contribution in [-0.2, 0) is 4.79 Å². The van der Waals surface area contributed by atoms with Gasteiger partial charge in [0.05, 0.1) is 22.8 Å². The molecule has 6 nitrogen and oxygen atoms in total. The van der Waals surface area contributed by atoms with Crippen LogP contribution in [0.3, 0.4) is 0 Å². The summed E-state index contributed by atoms with van der Waals surface area (Å²) in [5.41, 5.74) is 6.01. The number of carbonyl (C=O) groups excluding carboxylic acids is 1. The number of imidazole rings is 1. The van der Waals surface area contributed by atoms with E-state index in [0.29, 0.717) is 0 Å². The number of hydrogen-bond acceptors (Lipinski definition) is 5. The molecule has 4 rings (SSSR count). The summed E-state index contributed by atoms with van der Waals surface area (Å²) in [5, 5.41) is 7.80. The van der Waals surface area contributed by atoms with E-state index in [-0.39, 0.29) is 11.9 Å². The molecule has 7 heteroatoms. The number of rotatable bonds is 4. The zero-order valence-electron chi connectivity index (χ0n) is 16.7. The maximum Gasteiger partial charge on any atom is 0.217 e. The van der Waals surface area contributed by atoms with Gasteiger partial charge in [-0.2, -0.15) is 5.10 Å². The van der Waals surface area contributed by atoms with Gasteiger partial charge in [0.15, 0.2) is 5.65 Å². The Labute approximate surface area is 169 Å². The summed E-state index contributed by atoms with van der Waals surface area (Å²) in [4.78, 5) is 19.8. The smallest absolute Gasteiger partial charge is 0.217 e. The number of carbonyl (C=O) groups is 1. The van der Waals surface area contributed by atoms with Gasteiger partial charge in [-0.1, -0.05) is 12.1 Å². The van der Waals surface area contributed by atoms with Crippen molar-refractivity contribution in [3.8, 4) is 11.3 Å². The van der Waals surface area contributed by atoms with E-state index in [1.807, 2.05) is 18.4 Å². The van der Waals surface area contributed by atoms with Crippen LogP contribution in [0.2, 0.25) is 0 Å². The van der Waals surface area contributed by atoms with E-state index in [1.165, 1.54) is 4.90 Å². The monoisotopic (exact) mass is 395 g/mol. The van der Waals surface area contributed by atoms with Crippen LogP contribution in [0.5, 0.6) is 0 Å². The fraction of sp³-hybridized carbons (Fsp3) is 0.381. The minimum atomic E-state index is 0.0236. The molecule has 3 heterocycles. The predicted molar refractivity (Wildman–Crippen MR) is 114 cm³/mol. The SMILES string of the molecule is CSc1ccc(-c2c(C)nc3c(N4CC[C@@H](NC(C)=O)C4)cc(C)nn23)cc1. The Morgan fingerprint density at radius 3 is 2.68 bits per heavy atom. The Hall–Kier alpha value is -2.54. The first-order valence-corrected chi connectivity index (χ1v) is 10.7. The Morgan fingerprint density at radius 1 is 1.25 bits per heavy atom. The second-order valence-corrected chi connectivity index (χ2v) is 8.19. The molecule has 1 amide bonds. The van der Waals surface area contributed by atoms with Crippen LogP contribution >= 0.6 is 11.8 Å². The average Bonchev–Trinajstić information content (AvgIpc) is 3.24. The molecule has 0 spiro atoms. The third-order valence-electron chi connectivity index (χ3n) is 5.16. The normalized spacial score (nSPS) is 16.7. The number of anilines is 1. The first kappa shape index (κ1) is 18.8. The zero-order chi connectivity index (χ0) is 19.8. The molecule has 0 saturated carbocycles. The number of amides is 1. The van der Waals surface area contributed by atoms with Gasteiger partial charge in [-0.25, -0.2) is 9.50 Å². The second-order valence-electron chi connectivity index (χ2n) is 7.31. The minimum Gasteiger partial charge on any atom is -0.366 e. The van der Waals surface area contributed by atoms with Crippen molar-refractivity contribution in [1.82, 2.24) is 19.9 Å². The molecule has 0 unspecified atom stereocenters. The minimum absolute atomic E-state index is 0.0236. The van der Waals surface area contributed by atoms with Gasteiger partial charge in [-0.15, -0.1) is 11.8 Å². The standard InChI is InChI=1S/C21H25N5OS/c1-13-11-19(25-10-9-17(12-25)23-15(3)27)21-22-14(2)20(26(21)24-13)16-5-7-18(28-4)8-6-16/h5-8,11,17H,9-10,12H2,1-4H3,(H,23,27)/t17-/m1/s1. The molecular weight excluding hydrogens is 370 g/mol. The fourth-order valence-electron chi connectivity index (χ4n) is 3.93. The van der Waals surface area contributed by atoms with Crippen molar-refractivity contribution in [3.05, 3.63) is 41.7 Å². The van der Waals surface area contributed by atoms with E-state index in [9.17, 15) is 4.79 Å². The van der Waals surface area contributed by atoms with Gasteiger partial charge in [0.2, 0.25) is 5.91 Å².